The molecule has 1 amide bonds. The highest BCUT2D eigenvalue weighted by molar-refractivity contribution is 6.04. The van der Waals surface area contributed by atoms with Gasteiger partial charge in [-0.1, -0.05) is 19.4 Å². The second-order valence-corrected chi connectivity index (χ2v) is 8.01. The van der Waals surface area contributed by atoms with E-state index in [1.54, 1.807) is 31.4 Å². The molecule has 0 N–H and O–H groups in total. The summed E-state index contributed by atoms with van der Waals surface area (Å²) in [4.78, 5) is 22.8. The molecule has 0 saturated carbocycles. The van der Waals surface area contributed by atoms with Crippen molar-refractivity contribution in [1.29, 1.82) is 0 Å². The lowest BCUT2D eigenvalue weighted by atomic mass is 10.1. The van der Waals surface area contributed by atoms with Crippen molar-refractivity contribution < 1.29 is 10.6 Å². The summed E-state index contributed by atoms with van der Waals surface area (Å²) in [5.41, 5.74) is 2.61. The van der Waals surface area contributed by atoms with E-state index in [0.717, 1.165) is 44.3 Å². The van der Waals surface area contributed by atoms with E-state index in [9.17, 15) is 9.18 Å². The molecule has 1 aromatic carbocycles. The van der Waals surface area contributed by atoms with E-state index in [0.29, 0.717) is 23.1 Å². The van der Waals surface area contributed by atoms with Crippen LogP contribution in [0.1, 0.15) is 43.7 Å². The molecule has 0 bridgehead atoms. The van der Waals surface area contributed by atoms with Gasteiger partial charge in [0.05, 0.1) is 5.69 Å². The van der Waals surface area contributed by atoms with E-state index < -0.39 is 0 Å². The number of hydrogen-bond acceptors (Lipinski definition) is 4. The molecule has 1 atom stereocenters. The average molecular weight is 401 g/mol. The summed E-state index contributed by atoms with van der Waals surface area (Å²) in [5.74, 6) is -0.544. The van der Waals surface area contributed by atoms with E-state index >= 15 is 0 Å². The molecule has 6 heteroatoms. The van der Waals surface area contributed by atoms with Gasteiger partial charge in [-0.05, 0) is 63.2 Å². The van der Waals surface area contributed by atoms with Crippen molar-refractivity contribution in [1.82, 2.24) is 9.88 Å². The number of pyridine rings is 1. The first-order valence-corrected chi connectivity index (χ1v) is 10.3. The first kappa shape index (κ1) is 21.2. The lowest BCUT2D eigenvalue weighted by Gasteiger charge is -2.23. The highest BCUT2D eigenvalue weighted by Gasteiger charge is 2.26. The van der Waals surface area contributed by atoms with E-state index in [-0.39, 0.29) is 13.2 Å². The highest BCUT2D eigenvalue weighted by atomic mass is 19.1. The lowest BCUT2D eigenvalue weighted by molar-refractivity contribution is 0.0988. The predicted octanol–water partition coefficient (Wildman–Crippen LogP) is 4.23. The van der Waals surface area contributed by atoms with Crippen LogP contribution in [0.2, 0.25) is 0 Å². The standard InChI is InChI=1S/C23H31FN4O.H2/c1-5-6-7-17-8-10-21(25-15-17)23(29)27(4)18-9-11-22(20(24)14-18)28-13-12-19(16-28)26(2)3;/h8-11,14-15,19H,5-7,12-13,16H2,1-4H3;1H. The number of likely N-dealkylation sites (N-methyl/N-ethyl adjacent to an activating group) is 1. The average Bonchev–Trinajstić information content (AvgIpc) is 3.21. The van der Waals surface area contributed by atoms with Crippen molar-refractivity contribution in [2.75, 3.05) is 44.0 Å². The van der Waals surface area contributed by atoms with Crippen LogP contribution in [-0.4, -0.2) is 56.1 Å². The van der Waals surface area contributed by atoms with Gasteiger partial charge in [-0.3, -0.25) is 9.78 Å². The summed E-state index contributed by atoms with van der Waals surface area (Å²) in [6.45, 7) is 3.80. The predicted molar refractivity (Wildman–Crippen MR) is 118 cm³/mol. The molecule has 1 aromatic heterocycles. The van der Waals surface area contributed by atoms with Crippen LogP contribution in [0.3, 0.4) is 0 Å². The zero-order valence-electron chi connectivity index (χ0n) is 17.9. The Labute approximate surface area is 174 Å². The van der Waals surface area contributed by atoms with Crippen LogP contribution in [0.4, 0.5) is 15.8 Å². The minimum absolute atomic E-state index is 0. The molecule has 0 aliphatic carbocycles. The third-order valence-electron chi connectivity index (χ3n) is 5.72. The topological polar surface area (TPSA) is 39.7 Å². The molecule has 158 valence electrons. The second-order valence-electron chi connectivity index (χ2n) is 8.01. The number of rotatable bonds is 7. The molecule has 3 rings (SSSR count). The van der Waals surface area contributed by atoms with Gasteiger partial charge in [0, 0.05) is 39.5 Å². The summed E-state index contributed by atoms with van der Waals surface area (Å²) in [6, 6.07) is 9.14. The Balaban J connectivity index is 0.00000320. The molecule has 2 heterocycles. The molecular formula is C23H33FN4O. The van der Waals surface area contributed by atoms with E-state index in [1.165, 1.54) is 11.0 Å². The van der Waals surface area contributed by atoms with Gasteiger partial charge in [0.1, 0.15) is 11.5 Å². The zero-order valence-corrected chi connectivity index (χ0v) is 17.9. The van der Waals surface area contributed by atoms with Crippen molar-refractivity contribution >= 4 is 17.3 Å². The number of carbonyl (C=O) groups is 1. The Bertz CT molecular complexity index is 844. The number of unbranched alkanes of at least 4 members (excludes halogenated alkanes) is 1. The minimum atomic E-state index is -0.301. The smallest absolute Gasteiger partial charge is 0.276 e. The third kappa shape index (κ3) is 4.93. The van der Waals surface area contributed by atoms with Crippen LogP contribution in [-0.2, 0) is 6.42 Å². The van der Waals surface area contributed by atoms with Crippen molar-refractivity contribution in [2.45, 2.75) is 38.6 Å². The molecule has 1 unspecified atom stereocenters. The molecule has 5 nitrogen and oxygen atoms in total. The number of halogens is 1. The maximum atomic E-state index is 14.8. The fourth-order valence-electron chi connectivity index (χ4n) is 3.71. The molecule has 0 spiro atoms. The van der Waals surface area contributed by atoms with Crippen molar-refractivity contribution in [3.63, 3.8) is 0 Å². The van der Waals surface area contributed by atoms with Gasteiger partial charge < -0.3 is 14.7 Å². The molecule has 1 saturated heterocycles. The number of benzene rings is 1. The molecule has 29 heavy (non-hydrogen) atoms. The van der Waals surface area contributed by atoms with Gasteiger partial charge in [0.25, 0.3) is 5.91 Å². The number of amides is 1. The Morgan fingerprint density at radius 2 is 2.07 bits per heavy atom. The first-order valence-electron chi connectivity index (χ1n) is 10.3. The van der Waals surface area contributed by atoms with Crippen LogP contribution in [0.15, 0.2) is 36.5 Å². The van der Waals surface area contributed by atoms with Crippen molar-refractivity contribution in [3.8, 4) is 0 Å². The number of aryl methyl sites for hydroxylation is 1. The molecule has 2 aromatic rings. The van der Waals surface area contributed by atoms with E-state index in [4.69, 9.17) is 0 Å². The normalized spacial score (nSPS) is 16.5. The quantitative estimate of drug-likeness (QED) is 0.697. The van der Waals surface area contributed by atoms with Crippen molar-refractivity contribution in [3.05, 3.63) is 53.6 Å². The number of nitrogens with zero attached hydrogens (tertiary/aromatic N) is 4. The van der Waals surface area contributed by atoms with Crippen LogP contribution < -0.4 is 9.80 Å². The minimum Gasteiger partial charge on any atom is -0.368 e. The SMILES string of the molecule is CCCCc1ccc(C(=O)N(C)c2ccc(N3CCC(N(C)C)C3)c(F)c2)nc1.[HH]. The van der Waals surface area contributed by atoms with Crippen LogP contribution in [0.25, 0.3) is 0 Å². The largest absolute Gasteiger partial charge is 0.368 e. The Hall–Kier alpha value is -2.47. The van der Waals surface area contributed by atoms with Gasteiger partial charge in [-0.25, -0.2) is 4.39 Å². The maximum absolute atomic E-state index is 14.8. The summed E-state index contributed by atoms with van der Waals surface area (Å²) < 4.78 is 14.8. The Kier molecular flexibility index (Phi) is 6.85. The second kappa shape index (κ2) is 9.35. The van der Waals surface area contributed by atoms with Gasteiger partial charge in [0.2, 0.25) is 0 Å². The summed E-state index contributed by atoms with van der Waals surface area (Å²) in [5, 5.41) is 0. The number of aromatic nitrogens is 1. The van der Waals surface area contributed by atoms with Crippen LogP contribution in [0, 0.1) is 5.82 Å². The molecule has 0 radical (unpaired) electrons. The summed E-state index contributed by atoms with van der Waals surface area (Å²) in [7, 11) is 5.76. The van der Waals surface area contributed by atoms with Crippen molar-refractivity contribution in [2.24, 2.45) is 0 Å². The number of anilines is 2. The molecule has 1 fully saturated rings. The molecule has 1 aliphatic heterocycles. The summed E-state index contributed by atoms with van der Waals surface area (Å²) in [6.07, 6.45) is 5.97. The van der Waals surface area contributed by atoms with E-state index in [1.807, 2.05) is 6.07 Å². The monoisotopic (exact) mass is 400 g/mol. The van der Waals surface area contributed by atoms with E-state index in [2.05, 4.69) is 35.8 Å². The van der Waals surface area contributed by atoms with Gasteiger partial charge >= 0.3 is 0 Å². The van der Waals surface area contributed by atoms with Crippen LogP contribution >= 0.6 is 0 Å². The Morgan fingerprint density at radius 3 is 2.66 bits per heavy atom. The van der Waals surface area contributed by atoms with Crippen LogP contribution in [0.5, 0.6) is 0 Å². The molecule has 1 aliphatic rings. The summed E-state index contributed by atoms with van der Waals surface area (Å²) >= 11 is 0. The zero-order chi connectivity index (χ0) is 21.0. The molecular weight excluding hydrogens is 367 g/mol. The van der Waals surface area contributed by atoms with Gasteiger partial charge in [-0.15, -0.1) is 0 Å². The lowest BCUT2D eigenvalue weighted by Crippen LogP contribution is -2.31. The fourth-order valence-corrected chi connectivity index (χ4v) is 3.71. The maximum Gasteiger partial charge on any atom is 0.276 e. The number of hydrogen-bond donors (Lipinski definition) is 0. The third-order valence-corrected chi connectivity index (χ3v) is 5.72. The Morgan fingerprint density at radius 1 is 1.28 bits per heavy atom. The fraction of sp³-hybridized carbons (Fsp3) is 0.478. The van der Waals surface area contributed by atoms with Gasteiger partial charge in [0.15, 0.2) is 0 Å². The highest BCUT2D eigenvalue weighted by Crippen LogP contribution is 2.28. The number of carbonyl (C=O) groups excluding carboxylic acids is 1. The van der Waals surface area contributed by atoms with Gasteiger partial charge in [-0.2, -0.15) is 0 Å². The first-order chi connectivity index (χ1) is 13.9.